The van der Waals surface area contributed by atoms with Crippen LogP contribution in [0.5, 0.6) is 0 Å². The number of hydrogen-bond donors (Lipinski definition) is 2. The minimum atomic E-state index is -0.935. The highest BCUT2D eigenvalue weighted by Gasteiger charge is 2.38. The summed E-state index contributed by atoms with van der Waals surface area (Å²) in [7, 11) is 0. The Morgan fingerprint density at radius 3 is 2.61 bits per heavy atom. The summed E-state index contributed by atoms with van der Waals surface area (Å²) >= 11 is 0. The van der Waals surface area contributed by atoms with Crippen molar-refractivity contribution < 1.29 is 29.0 Å². The Morgan fingerprint density at radius 1 is 1.25 bits per heavy atom. The van der Waals surface area contributed by atoms with Gasteiger partial charge in [-0.3, -0.25) is 24.1 Å². The second kappa shape index (κ2) is 7.71. The maximum absolute atomic E-state index is 12.7. The van der Waals surface area contributed by atoms with Crippen LogP contribution in [0.4, 0.5) is 0 Å². The predicted octanol–water partition coefficient (Wildman–Crippen LogP) is 1.83. The number of carbonyl (C=O) groups is 4. The van der Waals surface area contributed by atoms with E-state index in [1.54, 1.807) is 13.8 Å². The standard InChI is InChI=1S/C20H24N2O6/c1-20(2,8-7-16(23)24)21-17(25)12-5-6-14-15(10-12)19(27)22(18(14)26)11-13-4-3-9-28-13/h5-6,10,13H,3-4,7-9,11H2,1-2H3,(H,21,25)(H,23,24). The van der Waals surface area contributed by atoms with Crippen LogP contribution < -0.4 is 5.32 Å². The van der Waals surface area contributed by atoms with Crippen LogP contribution in [-0.2, 0) is 9.53 Å². The van der Waals surface area contributed by atoms with Crippen molar-refractivity contribution >= 4 is 23.7 Å². The monoisotopic (exact) mass is 388 g/mol. The van der Waals surface area contributed by atoms with E-state index in [-0.39, 0.29) is 48.1 Å². The van der Waals surface area contributed by atoms with Gasteiger partial charge in [-0.1, -0.05) is 0 Å². The Morgan fingerprint density at radius 2 is 1.96 bits per heavy atom. The third kappa shape index (κ3) is 4.22. The van der Waals surface area contributed by atoms with Gasteiger partial charge in [-0.2, -0.15) is 0 Å². The number of rotatable bonds is 7. The molecule has 2 heterocycles. The number of carbonyl (C=O) groups excluding carboxylic acids is 3. The quantitative estimate of drug-likeness (QED) is 0.689. The molecule has 0 aliphatic carbocycles. The molecule has 3 amide bonds. The van der Waals surface area contributed by atoms with Crippen LogP contribution in [0.15, 0.2) is 18.2 Å². The number of carboxylic acids is 1. The van der Waals surface area contributed by atoms with Crippen LogP contribution in [0.25, 0.3) is 0 Å². The lowest BCUT2D eigenvalue weighted by atomic mass is 9.97. The number of aliphatic carboxylic acids is 1. The number of nitrogens with one attached hydrogen (secondary N) is 1. The summed E-state index contributed by atoms with van der Waals surface area (Å²) in [5.41, 5.74) is 0.0196. The molecule has 150 valence electrons. The van der Waals surface area contributed by atoms with Crippen molar-refractivity contribution in [2.45, 2.75) is 51.2 Å². The minimum Gasteiger partial charge on any atom is -0.481 e. The normalized spacial score (nSPS) is 19.1. The third-order valence-corrected chi connectivity index (χ3v) is 5.06. The van der Waals surface area contributed by atoms with Crippen molar-refractivity contribution in [3.63, 3.8) is 0 Å². The van der Waals surface area contributed by atoms with E-state index >= 15 is 0 Å². The topological polar surface area (TPSA) is 113 Å². The average molecular weight is 388 g/mol. The molecule has 3 rings (SSSR count). The number of hydrogen-bond acceptors (Lipinski definition) is 5. The summed E-state index contributed by atoms with van der Waals surface area (Å²) in [5, 5.41) is 11.6. The summed E-state index contributed by atoms with van der Waals surface area (Å²) < 4.78 is 5.51. The first-order valence-corrected chi connectivity index (χ1v) is 9.34. The molecule has 0 saturated carbocycles. The average Bonchev–Trinajstić information content (AvgIpc) is 3.23. The first kappa shape index (κ1) is 20.0. The Labute approximate surface area is 162 Å². The lowest BCUT2D eigenvalue weighted by Gasteiger charge is -2.25. The fraction of sp³-hybridized carbons (Fsp3) is 0.500. The van der Waals surface area contributed by atoms with E-state index in [0.29, 0.717) is 6.61 Å². The van der Waals surface area contributed by atoms with Crippen molar-refractivity contribution in [2.75, 3.05) is 13.2 Å². The first-order valence-electron chi connectivity index (χ1n) is 9.34. The van der Waals surface area contributed by atoms with E-state index in [1.807, 2.05) is 0 Å². The van der Waals surface area contributed by atoms with Gasteiger partial charge in [0.25, 0.3) is 17.7 Å². The van der Waals surface area contributed by atoms with Crippen molar-refractivity contribution in [3.8, 4) is 0 Å². The number of carboxylic acid groups (broad SMARTS) is 1. The van der Waals surface area contributed by atoms with Crippen LogP contribution in [0, 0.1) is 0 Å². The molecular formula is C20H24N2O6. The van der Waals surface area contributed by atoms with E-state index in [9.17, 15) is 19.2 Å². The molecule has 1 unspecified atom stereocenters. The second-order valence-electron chi connectivity index (χ2n) is 7.85. The number of fused-ring (bicyclic) bond motifs is 1. The van der Waals surface area contributed by atoms with E-state index < -0.39 is 23.3 Å². The maximum Gasteiger partial charge on any atom is 0.303 e. The zero-order valence-corrected chi connectivity index (χ0v) is 16.0. The van der Waals surface area contributed by atoms with Gasteiger partial charge in [0.1, 0.15) is 0 Å². The molecule has 8 heteroatoms. The van der Waals surface area contributed by atoms with E-state index in [4.69, 9.17) is 9.84 Å². The molecule has 28 heavy (non-hydrogen) atoms. The molecule has 0 spiro atoms. The fourth-order valence-electron chi connectivity index (χ4n) is 3.45. The van der Waals surface area contributed by atoms with Crippen LogP contribution in [0.1, 0.15) is 70.6 Å². The summed E-state index contributed by atoms with van der Waals surface area (Å²) in [6, 6.07) is 4.42. The largest absolute Gasteiger partial charge is 0.481 e. The Hall–Kier alpha value is -2.74. The smallest absolute Gasteiger partial charge is 0.303 e. The van der Waals surface area contributed by atoms with E-state index in [2.05, 4.69) is 5.32 Å². The molecule has 0 radical (unpaired) electrons. The van der Waals surface area contributed by atoms with Gasteiger partial charge in [0.05, 0.1) is 23.8 Å². The zero-order valence-electron chi connectivity index (χ0n) is 16.0. The molecule has 0 aromatic heterocycles. The molecule has 1 saturated heterocycles. The second-order valence-corrected chi connectivity index (χ2v) is 7.85. The van der Waals surface area contributed by atoms with Crippen molar-refractivity contribution in [2.24, 2.45) is 0 Å². The number of imide groups is 1. The summed E-state index contributed by atoms with van der Waals surface area (Å²) in [6.45, 7) is 4.32. The molecular weight excluding hydrogens is 364 g/mol. The molecule has 1 aromatic rings. The van der Waals surface area contributed by atoms with Crippen LogP contribution in [-0.4, -0.2) is 58.5 Å². The molecule has 2 N–H and O–H groups in total. The summed E-state index contributed by atoms with van der Waals surface area (Å²) in [5.74, 6) is -2.15. The maximum atomic E-state index is 12.7. The number of amides is 3. The molecule has 2 aliphatic heterocycles. The van der Waals surface area contributed by atoms with Crippen LogP contribution in [0.2, 0.25) is 0 Å². The summed E-state index contributed by atoms with van der Waals surface area (Å²) in [4.78, 5) is 49.7. The molecule has 1 fully saturated rings. The molecule has 1 atom stereocenters. The summed E-state index contributed by atoms with van der Waals surface area (Å²) in [6.07, 6.45) is 1.79. The Balaban J connectivity index is 1.73. The van der Waals surface area contributed by atoms with Gasteiger partial charge in [0, 0.05) is 24.1 Å². The minimum absolute atomic E-state index is 0.0668. The van der Waals surface area contributed by atoms with E-state index in [0.717, 1.165) is 12.8 Å². The third-order valence-electron chi connectivity index (χ3n) is 5.06. The van der Waals surface area contributed by atoms with Crippen molar-refractivity contribution in [1.29, 1.82) is 0 Å². The number of ether oxygens (including phenoxy) is 1. The van der Waals surface area contributed by atoms with Crippen LogP contribution >= 0.6 is 0 Å². The SMILES string of the molecule is CC(C)(CCC(=O)O)NC(=O)c1ccc2c(c1)C(=O)N(CC1CCCO1)C2=O. The Bertz CT molecular complexity index is 826. The molecule has 2 aliphatic rings. The lowest BCUT2D eigenvalue weighted by Crippen LogP contribution is -2.43. The van der Waals surface area contributed by atoms with Gasteiger partial charge >= 0.3 is 5.97 Å². The highest BCUT2D eigenvalue weighted by atomic mass is 16.5. The fourth-order valence-corrected chi connectivity index (χ4v) is 3.45. The zero-order chi connectivity index (χ0) is 20.5. The molecule has 1 aromatic carbocycles. The highest BCUT2D eigenvalue weighted by Crippen LogP contribution is 2.26. The van der Waals surface area contributed by atoms with Crippen molar-refractivity contribution in [3.05, 3.63) is 34.9 Å². The molecule has 8 nitrogen and oxygen atoms in total. The van der Waals surface area contributed by atoms with Crippen LogP contribution in [0.3, 0.4) is 0 Å². The van der Waals surface area contributed by atoms with Gasteiger partial charge < -0.3 is 15.2 Å². The van der Waals surface area contributed by atoms with Gasteiger partial charge in [0.2, 0.25) is 0 Å². The van der Waals surface area contributed by atoms with Crippen molar-refractivity contribution in [1.82, 2.24) is 10.2 Å². The lowest BCUT2D eigenvalue weighted by molar-refractivity contribution is -0.137. The van der Waals surface area contributed by atoms with Gasteiger partial charge in [0.15, 0.2) is 0 Å². The number of nitrogens with zero attached hydrogens (tertiary/aromatic N) is 1. The van der Waals surface area contributed by atoms with E-state index in [1.165, 1.54) is 23.1 Å². The van der Waals surface area contributed by atoms with Gasteiger partial charge in [-0.15, -0.1) is 0 Å². The van der Waals surface area contributed by atoms with Gasteiger partial charge in [-0.05, 0) is 51.3 Å². The Kier molecular flexibility index (Phi) is 5.51. The first-order chi connectivity index (χ1) is 13.2. The molecule has 0 bridgehead atoms. The number of benzene rings is 1. The predicted molar refractivity (Wildman–Crippen MR) is 99.2 cm³/mol. The van der Waals surface area contributed by atoms with Gasteiger partial charge in [-0.25, -0.2) is 0 Å². The highest BCUT2D eigenvalue weighted by molar-refractivity contribution is 6.22.